The molecule has 0 spiro atoms. The molecule has 0 aromatic rings. The van der Waals surface area contributed by atoms with Gasteiger partial charge < -0.3 is 10.4 Å². The lowest BCUT2D eigenvalue weighted by atomic mass is 10.2. The van der Waals surface area contributed by atoms with Crippen LogP contribution < -0.4 is 5.32 Å². The molecule has 0 aromatic heterocycles. The number of carboxylic acids is 1. The fourth-order valence-electron chi connectivity index (χ4n) is 0.354. The van der Waals surface area contributed by atoms with Crippen LogP contribution in [0.3, 0.4) is 0 Å². The molecule has 2 N–H and O–H groups in total. The van der Waals surface area contributed by atoms with Gasteiger partial charge in [0.15, 0.2) is 5.92 Å². The predicted molar refractivity (Wildman–Crippen MR) is 30.8 cm³/mol. The minimum Gasteiger partial charge on any atom is -0.480 e. The second kappa shape index (κ2) is 4.32. The van der Waals surface area contributed by atoms with Crippen LogP contribution in [0.25, 0.3) is 0 Å². The number of nitrogens with zero attached hydrogens (tertiary/aromatic N) is 1. The maximum Gasteiger partial charge on any atom is 0.322 e. The Hall–Kier alpha value is -1.57. The van der Waals surface area contributed by atoms with Gasteiger partial charge in [0.1, 0.15) is 0 Å². The van der Waals surface area contributed by atoms with Crippen LogP contribution in [0.1, 0.15) is 0 Å². The summed E-state index contributed by atoms with van der Waals surface area (Å²) in [6.45, 7) is -0.144. The van der Waals surface area contributed by atoms with Crippen molar-refractivity contribution in [3.63, 3.8) is 0 Å². The molecule has 1 amide bonds. The average molecular weight is 142 g/mol. The summed E-state index contributed by atoms with van der Waals surface area (Å²) < 4.78 is 0. The van der Waals surface area contributed by atoms with Gasteiger partial charge in [-0.05, 0) is 0 Å². The van der Waals surface area contributed by atoms with Gasteiger partial charge in [0.2, 0.25) is 6.41 Å². The van der Waals surface area contributed by atoms with Gasteiger partial charge in [-0.3, -0.25) is 9.59 Å². The molecule has 10 heavy (non-hydrogen) atoms. The first kappa shape index (κ1) is 8.43. The normalized spacial score (nSPS) is 11.1. The summed E-state index contributed by atoms with van der Waals surface area (Å²) in [4.78, 5) is 19.7. The smallest absolute Gasteiger partial charge is 0.322 e. The van der Waals surface area contributed by atoms with Crippen LogP contribution in [0.4, 0.5) is 0 Å². The zero-order valence-corrected chi connectivity index (χ0v) is 5.07. The number of nitrogens with one attached hydrogen (secondary N) is 1. The van der Waals surface area contributed by atoms with Crippen LogP contribution in [0.2, 0.25) is 0 Å². The Morgan fingerprint density at radius 1 is 1.90 bits per heavy atom. The number of amides is 1. The maximum atomic E-state index is 10.1. The van der Waals surface area contributed by atoms with Gasteiger partial charge in [-0.2, -0.15) is 5.26 Å². The summed E-state index contributed by atoms with van der Waals surface area (Å²) in [6.07, 6.45) is 0.354. The van der Waals surface area contributed by atoms with E-state index in [4.69, 9.17) is 10.4 Å². The molecule has 0 radical (unpaired) electrons. The highest BCUT2D eigenvalue weighted by Crippen LogP contribution is 1.89. The molecule has 0 heterocycles. The summed E-state index contributed by atoms with van der Waals surface area (Å²) in [5.74, 6) is -2.37. The van der Waals surface area contributed by atoms with Crippen molar-refractivity contribution >= 4 is 12.4 Å². The average Bonchev–Trinajstić information content (AvgIpc) is 1.89. The lowest BCUT2D eigenvalue weighted by Crippen LogP contribution is -2.26. The Balaban J connectivity index is 3.75. The third kappa shape index (κ3) is 2.67. The first-order valence-electron chi connectivity index (χ1n) is 2.51. The molecule has 0 fully saturated rings. The standard InChI is InChI=1S/C5H6N2O3/c6-1-4(5(9)10)2-7-3-8/h3-4H,2H2,(H,7,8)(H,9,10). The Bertz CT molecular complexity index is 172. The van der Waals surface area contributed by atoms with Crippen molar-refractivity contribution in [3.8, 4) is 6.07 Å². The minimum atomic E-state index is -1.23. The van der Waals surface area contributed by atoms with Crippen LogP contribution in [-0.4, -0.2) is 24.0 Å². The van der Waals surface area contributed by atoms with Crippen molar-refractivity contribution in [1.82, 2.24) is 5.32 Å². The van der Waals surface area contributed by atoms with Crippen molar-refractivity contribution < 1.29 is 14.7 Å². The third-order valence-electron chi connectivity index (χ3n) is 0.859. The van der Waals surface area contributed by atoms with E-state index in [2.05, 4.69) is 5.32 Å². The maximum absolute atomic E-state index is 10.1. The largest absolute Gasteiger partial charge is 0.480 e. The van der Waals surface area contributed by atoms with Gasteiger partial charge in [0.25, 0.3) is 0 Å². The molecular weight excluding hydrogens is 136 g/mol. The molecule has 54 valence electrons. The van der Waals surface area contributed by atoms with E-state index < -0.39 is 11.9 Å². The van der Waals surface area contributed by atoms with Crippen molar-refractivity contribution in [2.24, 2.45) is 5.92 Å². The van der Waals surface area contributed by atoms with Crippen LogP contribution in [-0.2, 0) is 9.59 Å². The monoisotopic (exact) mass is 142 g/mol. The molecule has 0 saturated heterocycles. The van der Waals surface area contributed by atoms with Gasteiger partial charge in [0, 0.05) is 6.54 Å². The van der Waals surface area contributed by atoms with Crippen LogP contribution in [0.5, 0.6) is 0 Å². The summed E-state index contributed by atoms with van der Waals surface area (Å²) in [7, 11) is 0. The van der Waals surface area contributed by atoms with Crippen molar-refractivity contribution in [2.75, 3.05) is 6.54 Å². The van der Waals surface area contributed by atoms with E-state index in [1.807, 2.05) is 0 Å². The molecule has 0 rings (SSSR count). The molecule has 1 unspecified atom stereocenters. The first-order chi connectivity index (χ1) is 4.72. The van der Waals surface area contributed by atoms with Gasteiger partial charge in [-0.1, -0.05) is 0 Å². The number of hydrogen-bond donors (Lipinski definition) is 2. The third-order valence-corrected chi connectivity index (χ3v) is 0.859. The fourth-order valence-corrected chi connectivity index (χ4v) is 0.354. The molecule has 1 atom stereocenters. The molecular formula is C5H6N2O3. The van der Waals surface area contributed by atoms with Gasteiger partial charge in [0.05, 0.1) is 6.07 Å². The minimum absolute atomic E-state index is 0.144. The van der Waals surface area contributed by atoms with Crippen molar-refractivity contribution in [3.05, 3.63) is 0 Å². The Kier molecular flexibility index (Phi) is 3.64. The highest BCUT2D eigenvalue weighted by Gasteiger charge is 2.14. The number of rotatable bonds is 4. The first-order valence-corrected chi connectivity index (χ1v) is 2.51. The fraction of sp³-hybridized carbons (Fsp3) is 0.400. The molecule has 0 saturated carbocycles. The number of carbonyl (C=O) groups is 2. The van der Waals surface area contributed by atoms with Crippen molar-refractivity contribution in [1.29, 1.82) is 5.26 Å². The Morgan fingerprint density at radius 2 is 2.50 bits per heavy atom. The second-order valence-corrected chi connectivity index (χ2v) is 1.55. The van der Waals surface area contributed by atoms with Gasteiger partial charge in [-0.15, -0.1) is 0 Å². The van der Waals surface area contributed by atoms with Gasteiger partial charge in [-0.25, -0.2) is 0 Å². The zero-order valence-electron chi connectivity index (χ0n) is 5.07. The highest BCUT2D eigenvalue weighted by atomic mass is 16.4. The molecule has 0 aliphatic heterocycles. The summed E-state index contributed by atoms with van der Waals surface area (Å²) in [5, 5.41) is 18.5. The Morgan fingerprint density at radius 3 is 2.80 bits per heavy atom. The van der Waals surface area contributed by atoms with E-state index in [0.717, 1.165) is 0 Å². The number of carboxylic acid groups (broad SMARTS) is 1. The molecule has 5 nitrogen and oxygen atoms in total. The molecule has 0 bridgehead atoms. The zero-order chi connectivity index (χ0) is 7.98. The SMILES string of the molecule is N#CC(CNC=O)C(=O)O. The molecule has 0 aliphatic carbocycles. The molecule has 5 heteroatoms. The summed E-state index contributed by atoms with van der Waals surface area (Å²) >= 11 is 0. The number of aliphatic carboxylic acids is 1. The van der Waals surface area contributed by atoms with Crippen LogP contribution in [0, 0.1) is 17.2 Å². The van der Waals surface area contributed by atoms with E-state index in [1.165, 1.54) is 6.07 Å². The van der Waals surface area contributed by atoms with E-state index in [-0.39, 0.29) is 6.54 Å². The summed E-state index contributed by atoms with van der Waals surface area (Å²) in [5.41, 5.74) is 0. The lowest BCUT2D eigenvalue weighted by molar-refractivity contribution is -0.139. The van der Waals surface area contributed by atoms with E-state index in [1.54, 1.807) is 0 Å². The number of carbonyl (C=O) groups excluding carboxylic acids is 1. The van der Waals surface area contributed by atoms with Crippen LogP contribution in [0.15, 0.2) is 0 Å². The van der Waals surface area contributed by atoms with E-state index >= 15 is 0 Å². The van der Waals surface area contributed by atoms with E-state index in [9.17, 15) is 9.59 Å². The lowest BCUT2D eigenvalue weighted by Gasteiger charge is -1.99. The number of nitriles is 1. The number of hydrogen-bond acceptors (Lipinski definition) is 3. The van der Waals surface area contributed by atoms with Crippen LogP contribution >= 0.6 is 0 Å². The molecule has 0 aromatic carbocycles. The Labute approximate surface area is 57.3 Å². The molecule has 0 aliphatic rings. The van der Waals surface area contributed by atoms with E-state index in [0.29, 0.717) is 6.41 Å². The topological polar surface area (TPSA) is 90.2 Å². The predicted octanol–water partition coefficient (Wildman–Crippen LogP) is -1.04. The highest BCUT2D eigenvalue weighted by molar-refractivity contribution is 5.73. The second-order valence-electron chi connectivity index (χ2n) is 1.55. The van der Waals surface area contributed by atoms with Gasteiger partial charge >= 0.3 is 5.97 Å². The van der Waals surface area contributed by atoms with Crippen molar-refractivity contribution in [2.45, 2.75) is 0 Å². The summed E-state index contributed by atoms with van der Waals surface area (Å²) in [6, 6.07) is 1.52. The quantitative estimate of drug-likeness (QED) is 0.490.